The van der Waals surface area contributed by atoms with Crippen molar-refractivity contribution in [1.29, 1.82) is 5.26 Å². The van der Waals surface area contributed by atoms with Crippen molar-refractivity contribution in [2.45, 2.75) is 24.3 Å². The Labute approximate surface area is 190 Å². The smallest absolute Gasteiger partial charge is 0.237 e. The average Bonchev–Trinajstić information content (AvgIpc) is 3.23. The highest BCUT2D eigenvalue weighted by molar-refractivity contribution is 8.00. The molecule has 0 fully saturated rings. The molecule has 0 radical (unpaired) electrons. The number of carbonyl (C=O) groups excluding carboxylic acids is 1. The third kappa shape index (κ3) is 4.68. The van der Waals surface area contributed by atoms with Gasteiger partial charge in [0.05, 0.1) is 16.9 Å². The summed E-state index contributed by atoms with van der Waals surface area (Å²) in [5.41, 5.74) is 4.01. The van der Waals surface area contributed by atoms with Gasteiger partial charge in [0.1, 0.15) is 0 Å². The summed E-state index contributed by atoms with van der Waals surface area (Å²) in [7, 11) is 0. The number of carbonyl (C=O) groups is 1. The van der Waals surface area contributed by atoms with E-state index in [1.165, 1.54) is 11.8 Å². The second-order valence-corrected chi connectivity index (χ2v) is 8.46. The minimum absolute atomic E-state index is 0.186. The summed E-state index contributed by atoms with van der Waals surface area (Å²) in [6.07, 6.45) is 3.42. The maximum atomic E-state index is 12.8. The Morgan fingerprint density at radius 3 is 2.56 bits per heavy atom. The summed E-state index contributed by atoms with van der Waals surface area (Å²) in [5.74, 6) is 0.488. The largest absolute Gasteiger partial charge is 0.325 e. The highest BCUT2D eigenvalue weighted by Gasteiger charge is 2.22. The van der Waals surface area contributed by atoms with E-state index in [2.05, 4.69) is 26.6 Å². The molecule has 158 valence electrons. The van der Waals surface area contributed by atoms with Crippen LogP contribution in [0.1, 0.15) is 18.1 Å². The summed E-state index contributed by atoms with van der Waals surface area (Å²) in [6, 6.07) is 20.7. The molecule has 0 aliphatic rings. The van der Waals surface area contributed by atoms with Crippen molar-refractivity contribution in [3.8, 4) is 23.1 Å². The van der Waals surface area contributed by atoms with E-state index < -0.39 is 5.25 Å². The Bertz CT molecular complexity index is 1280. The minimum Gasteiger partial charge on any atom is -0.325 e. The molecule has 8 heteroatoms. The molecule has 0 aliphatic carbocycles. The van der Waals surface area contributed by atoms with Crippen LogP contribution in [0.15, 0.2) is 78.2 Å². The summed E-state index contributed by atoms with van der Waals surface area (Å²) < 4.78 is 1.94. The van der Waals surface area contributed by atoms with E-state index in [1.54, 1.807) is 36.7 Å². The Kier molecular flexibility index (Phi) is 6.29. The number of thioether (sulfide) groups is 1. The van der Waals surface area contributed by atoms with E-state index in [0.29, 0.717) is 22.2 Å². The molecule has 0 saturated carbocycles. The van der Waals surface area contributed by atoms with Gasteiger partial charge in [-0.05, 0) is 56.3 Å². The quantitative estimate of drug-likeness (QED) is 0.439. The molecule has 2 heterocycles. The van der Waals surface area contributed by atoms with Crippen LogP contribution in [0.25, 0.3) is 17.1 Å². The predicted octanol–water partition coefficient (Wildman–Crippen LogP) is 4.63. The van der Waals surface area contributed by atoms with E-state index in [-0.39, 0.29) is 5.91 Å². The molecule has 1 amide bonds. The van der Waals surface area contributed by atoms with Gasteiger partial charge in [-0.2, -0.15) is 5.26 Å². The number of aromatic nitrogens is 4. The van der Waals surface area contributed by atoms with Crippen LogP contribution in [-0.2, 0) is 4.79 Å². The molecule has 0 bridgehead atoms. The number of nitriles is 1. The molecule has 1 unspecified atom stereocenters. The van der Waals surface area contributed by atoms with Gasteiger partial charge in [0.25, 0.3) is 0 Å². The predicted molar refractivity (Wildman–Crippen MR) is 124 cm³/mol. The van der Waals surface area contributed by atoms with Crippen LogP contribution in [0, 0.1) is 18.3 Å². The summed E-state index contributed by atoms with van der Waals surface area (Å²) in [4.78, 5) is 16.9. The second-order valence-electron chi connectivity index (χ2n) is 7.15. The Balaban J connectivity index is 1.63. The zero-order valence-corrected chi connectivity index (χ0v) is 18.4. The van der Waals surface area contributed by atoms with Crippen LogP contribution in [0.5, 0.6) is 0 Å². The highest BCUT2D eigenvalue weighted by atomic mass is 32.2. The second kappa shape index (κ2) is 9.45. The number of anilines is 1. The lowest BCUT2D eigenvalue weighted by Crippen LogP contribution is -2.23. The van der Waals surface area contributed by atoms with Gasteiger partial charge in [-0.15, -0.1) is 10.2 Å². The van der Waals surface area contributed by atoms with Crippen LogP contribution >= 0.6 is 11.8 Å². The lowest BCUT2D eigenvalue weighted by molar-refractivity contribution is -0.115. The summed E-state index contributed by atoms with van der Waals surface area (Å²) in [6.45, 7) is 3.84. The van der Waals surface area contributed by atoms with Crippen molar-refractivity contribution in [1.82, 2.24) is 19.7 Å². The van der Waals surface area contributed by atoms with Gasteiger partial charge in [0, 0.05) is 29.3 Å². The fourth-order valence-corrected chi connectivity index (χ4v) is 3.95. The van der Waals surface area contributed by atoms with Crippen LogP contribution < -0.4 is 5.32 Å². The highest BCUT2D eigenvalue weighted by Crippen LogP contribution is 2.30. The summed E-state index contributed by atoms with van der Waals surface area (Å²) >= 11 is 1.32. The molecule has 2 aromatic heterocycles. The molecular formula is C24H20N6OS. The first-order valence-corrected chi connectivity index (χ1v) is 10.8. The molecule has 4 aromatic rings. The fraction of sp³-hybridized carbons (Fsp3) is 0.125. The summed E-state index contributed by atoms with van der Waals surface area (Å²) in [5, 5.41) is 20.9. The Hall–Kier alpha value is -3.96. The Morgan fingerprint density at radius 2 is 1.84 bits per heavy atom. The molecule has 0 spiro atoms. The zero-order valence-electron chi connectivity index (χ0n) is 17.6. The number of aryl methyl sites for hydroxylation is 1. The van der Waals surface area contributed by atoms with E-state index in [1.807, 2.05) is 54.8 Å². The van der Waals surface area contributed by atoms with Gasteiger partial charge in [-0.25, -0.2) is 0 Å². The Morgan fingerprint density at radius 1 is 1.09 bits per heavy atom. The number of benzene rings is 2. The average molecular weight is 441 g/mol. The van der Waals surface area contributed by atoms with E-state index >= 15 is 0 Å². The number of hydrogen-bond donors (Lipinski definition) is 1. The van der Waals surface area contributed by atoms with Crippen molar-refractivity contribution in [3.05, 3.63) is 84.2 Å². The number of nitrogens with zero attached hydrogens (tertiary/aromatic N) is 5. The third-order valence-electron chi connectivity index (χ3n) is 4.77. The zero-order chi connectivity index (χ0) is 22.5. The molecule has 7 nitrogen and oxygen atoms in total. The van der Waals surface area contributed by atoms with Gasteiger partial charge >= 0.3 is 0 Å². The van der Waals surface area contributed by atoms with Gasteiger partial charge in [0.15, 0.2) is 11.0 Å². The lowest BCUT2D eigenvalue weighted by atomic mass is 10.2. The number of pyridine rings is 1. The molecule has 0 aliphatic heterocycles. The van der Waals surface area contributed by atoms with Crippen molar-refractivity contribution in [2.24, 2.45) is 0 Å². The maximum Gasteiger partial charge on any atom is 0.237 e. The molecule has 0 saturated heterocycles. The number of nitrogens with one attached hydrogen (secondary N) is 1. The number of amides is 1. The first-order chi connectivity index (χ1) is 15.5. The van der Waals surface area contributed by atoms with Gasteiger partial charge in [0.2, 0.25) is 5.91 Å². The van der Waals surface area contributed by atoms with Gasteiger partial charge in [-0.3, -0.25) is 14.3 Å². The van der Waals surface area contributed by atoms with Crippen molar-refractivity contribution < 1.29 is 4.79 Å². The normalized spacial score (nSPS) is 11.5. The van der Waals surface area contributed by atoms with Crippen molar-refractivity contribution in [3.63, 3.8) is 0 Å². The molecule has 1 atom stereocenters. The first-order valence-electron chi connectivity index (χ1n) is 9.95. The monoisotopic (exact) mass is 440 g/mol. The van der Waals surface area contributed by atoms with Gasteiger partial charge in [-0.1, -0.05) is 35.5 Å². The van der Waals surface area contributed by atoms with E-state index in [4.69, 9.17) is 5.26 Å². The van der Waals surface area contributed by atoms with Gasteiger partial charge < -0.3 is 5.32 Å². The van der Waals surface area contributed by atoms with Crippen LogP contribution in [-0.4, -0.2) is 30.9 Å². The number of hydrogen-bond acceptors (Lipinski definition) is 6. The first kappa shape index (κ1) is 21.3. The minimum atomic E-state index is -0.445. The number of rotatable bonds is 6. The van der Waals surface area contributed by atoms with Crippen molar-refractivity contribution >= 4 is 23.4 Å². The molecule has 2 aromatic carbocycles. The molecular weight excluding hydrogens is 420 g/mol. The topological polar surface area (TPSA) is 96.5 Å². The van der Waals surface area contributed by atoms with Crippen LogP contribution in [0.3, 0.4) is 0 Å². The van der Waals surface area contributed by atoms with Crippen molar-refractivity contribution in [2.75, 3.05) is 5.32 Å². The fourth-order valence-electron chi connectivity index (χ4n) is 3.08. The standard InChI is InChI=1S/C24H20N6OS/c1-16-6-8-21(9-7-16)30-22(19-10-12-26-13-11-19)28-29-24(30)32-17(2)23(31)27-20-5-3-4-18(14-20)15-25/h3-14,17H,1-2H3,(H,27,31). The van der Waals surface area contributed by atoms with E-state index in [0.717, 1.165) is 16.8 Å². The molecule has 4 rings (SSSR count). The third-order valence-corrected chi connectivity index (χ3v) is 5.82. The van der Waals surface area contributed by atoms with Crippen LogP contribution in [0.2, 0.25) is 0 Å². The molecule has 1 N–H and O–H groups in total. The van der Waals surface area contributed by atoms with E-state index in [9.17, 15) is 4.79 Å². The molecule has 32 heavy (non-hydrogen) atoms. The lowest BCUT2D eigenvalue weighted by Gasteiger charge is -2.14. The van der Waals surface area contributed by atoms with Crippen LogP contribution in [0.4, 0.5) is 5.69 Å². The SMILES string of the molecule is Cc1ccc(-n2c(SC(C)C(=O)Nc3cccc(C#N)c3)nnc2-c2ccncc2)cc1. The maximum absolute atomic E-state index is 12.8.